The SMILES string of the molecule is CC(C)n1nc(C(=O)Nc2ccc(SC(=O)N(C)C)cc2)c2ccccc2c1=O. The Kier molecular flexibility index (Phi) is 6.03. The van der Waals surface area contributed by atoms with Crippen molar-refractivity contribution in [1.29, 1.82) is 0 Å². The minimum atomic E-state index is -0.402. The Hall–Kier alpha value is -3.13. The summed E-state index contributed by atoms with van der Waals surface area (Å²) >= 11 is 1.11. The van der Waals surface area contributed by atoms with Crippen molar-refractivity contribution in [3.63, 3.8) is 0 Å². The molecule has 8 heteroatoms. The number of hydrogen-bond donors (Lipinski definition) is 1. The molecule has 3 aromatic rings. The molecule has 2 amide bonds. The standard InChI is InChI=1S/C21H22N4O3S/c1-13(2)25-20(27)17-8-6-5-7-16(17)18(23-25)19(26)22-14-9-11-15(12-10-14)29-21(28)24(3)4/h5-13H,1-4H3,(H,22,26). The molecule has 7 nitrogen and oxygen atoms in total. The highest BCUT2D eigenvalue weighted by atomic mass is 32.2. The van der Waals surface area contributed by atoms with Gasteiger partial charge in [0.25, 0.3) is 16.7 Å². The molecule has 0 aliphatic heterocycles. The number of amides is 2. The number of hydrogen-bond acceptors (Lipinski definition) is 5. The van der Waals surface area contributed by atoms with Crippen LogP contribution in [0.5, 0.6) is 0 Å². The summed E-state index contributed by atoms with van der Waals surface area (Å²) in [6.45, 7) is 3.69. The van der Waals surface area contributed by atoms with E-state index in [0.717, 1.165) is 16.7 Å². The first-order valence-corrected chi connectivity index (χ1v) is 9.91. The molecule has 0 unspecified atom stereocenters. The molecule has 29 heavy (non-hydrogen) atoms. The summed E-state index contributed by atoms with van der Waals surface area (Å²) in [6.07, 6.45) is 0. The van der Waals surface area contributed by atoms with Crippen LogP contribution in [0.1, 0.15) is 30.4 Å². The van der Waals surface area contributed by atoms with Crippen LogP contribution in [-0.4, -0.2) is 39.9 Å². The Morgan fingerprint density at radius 1 is 1.03 bits per heavy atom. The van der Waals surface area contributed by atoms with Gasteiger partial charge in [-0.1, -0.05) is 18.2 Å². The molecule has 0 fully saturated rings. The molecule has 0 saturated heterocycles. The van der Waals surface area contributed by atoms with E-state index in [2.05, 4.69) is 10.4 Å². The van der Waals surface area contributed by atoms with Crippen LogP contribution in [0, 0.1) is 0 Å². The fraction of sp³-hybridized carbons (Fsp3) is 0.238. The second kappa shape index (κ2) is 8.48. The Morgan fingerprint density at radius 2 is 1.66 bits per heavy atom. The van der Waals surface area contributed by atoms with Crippen molar-refractivity contribution in [2.75, 3.05) is 19.4 Å². The number of carbonyl (C=O) groups is 2. The molecule has 0 spiro atoms. The number of fused-ring (bicyclic) bond motifs is 1. The van der Waals surface area contributed by atoms with Gasteiger partial charge in [-0.25, -0.2) is 4.68 Å². The maximum atomic E-state index is 12.9. The molecular formula is C21H22N4O3S. The fourth-order valence-corrected chi connectivity index (χ4v) is 3.37. The number of anilines is 1. The number of nitrogens with zero attached hydrogens (tertiary/aromatic N) is 3. The Bertz CT molecular complexity index is 1120. The molecule has 0 saturated carbocycles. The van der Waals surface area contributed by atoms with Crippen molar-refractivity contribution < 1.29 is 9.59 Å². The van der Waals surface area contributed by atoms with E-state index in [4.69, 9.17) is 0 Å². The van der Waals surface area contributed by atoms with Gasteiger partial charge in [-0.2, -0.15) is 5.10 Å². The number of thioether (sulfide) groups is 1. The van der Waals surface area contributed by atoms with E-state index in [1.165, 1.54) is 9.58 Å². The Labute approximate surface area is 172 Å². The first-order valence-electron chi connectivity index (χ1n) is 9.10. The van der Waals surface area contributed by atoms with Gasteiger partial charge in [0.15, 0.2) is 5.69 Å². The molecule has 0 aliphatic carbocycles. The molecular weight excluding hydrogens is 388 g/mol. The lowest BCUT2D eigenvalue weighted by Crippen LogP contribution is -2.28. The van der Waals surface area contributed by atoms with Gasteiger partial charge in [0.05, 0.1) is 11.4 Å². The van der Waals surface area contributed by atoms with Gasteiger partial charge in [-0.05, 0) is 55.9 Å². The fourth-order valence-electron chi connectivity index (χ4n) is 2.71. The molecule has 0 aliphatic rings. The van der Waals surface area contributed by atoms with Crippen LogP contribution < -0.4 is 10.9 Å². The summed E-state index contributed by atoms with van der Waals surface area (Å²) in [5.41, 5.74) is 0.541. The molecule has 0 radical (unpaired) electrons. The molecule has 150 valence electrons. The van der Waals surface area contributed by atoms with Crippen molar-refractivity contribution in [2.24, 2.45) is 0 Å². The zero-order valence-corrected chi connectivity index (χ0v) is 17.5. The van der Waals surface area contributed by atoms with E-state index >= 15 is 0 Å². The molecule has 1 heterocycles. The van der Waals surface area contributed by atoms with Crippen molar-refractivity contribution in [1.82, 2.24) is 14.7 Å². The van der Waals surface area contributed by atoms with Gasteiger partial charge in [-0.3, -0.25) is 14.4 Å². The van der Waals surface area contributed by atoms with Crippen LogP contribution in [0.2, 0.25) is 0 Å². The van der Waals surface area contributed by atoms with Crippen LogP contribution >= 0.6 is 11.8 Å². The minimum Gasteiger partial charge on any atom is -0.339 e. The Morgan fingerprint density at radius 3 is 2.24 bits per heavy atom. The second-order valence-corrected chi connectivity index (χ2v) is 8.00. The van der Waals surface area contributed by atoms with E-state index in [0.29, 0.717) is 16.5 Å². The highest BCUT2D eigenvalue weighted by Crippen LogP contribution is 2.23. The van der Waals surface area contributed by atoms with E-state index in [9.17, 15) is 14.4 Å². The van der Waals surface area contributed by atoms with Gasteiger partial charge in [-0.15, -0.1) is 0 Å². The maximum Gasteiger partial charge on any atom is 0.285 e. The van der Waals surface area contributed by atoms with Gasteiger partial charge in [0.2, 0.25) is 0 Å². The van der Waals surface area contributed by atoms with Crippen LogP contribution in [0.25, 0.3) is 10.8 Å². The zero-order valence-electron chi connectivity index (χ0n) is 16.7. The summed E-state index contributed by atoms with van der Waals surface area (Å²) < 4.78 is 1.32. The van der Waals surface area contributed by atoms with Gasteiger partial charge >= 0.3 is 0 Å². The summed E-state index contributed by atoms with van der Waals surface area (Å²) in [6, 6.07) is 13.8. The lowest BCUT2D eigenvalue weighted by atomic mass is 10.1. The largest absolute Gasteiger partial charge is 0.339 e. The normalized spacial score (nSPS) is 10.9. The van der Waals surface area contributed by atoms with E-state index in [1.807, 2.05) is 13.8 Å². The predicted octanol–water partition coefficient (Wildman–Crippen LogP) is 4.00. The summed E-state index contributed by atoms with van der Waals surface area (Å²) in [7, 11) is 3.38. The lowest BCUT2D eigenvalue weighted by Gasteiger charge is -2.13. The summed E-state index contributed by atoms with van der Waals surface area (Å²) in [5.74, 6) is -0.402. The van der Waals surface area contributed by atoms with Crippen molar-refractivity contribution in [2.45, 2.75) is 24.8 Å². The highest BCUT2D eigenvalue weighted by Gasteiger charge is 2.18. The minimum absolute atomic E-state index is 0.0756. The van der Waals surface area contributed by atoms with Crippen LogP contribution in [0.3, 0.4) is 0 Å². The molecule has 3 rings (SSSR count). The van der Waals surface area contributed by atoms with Gasteiger partial charge in [0.1, 0.15) is 0 Å². The molecule has 2 aromatic carbocycles. The van der Waals surface area contributed by atoms with Gasteiger partial charge in [0, 0.05) is 30.1 Å². The van der Waals surface area contributed by atoms with Crippen LogP contribution in [-0.2, 0) is 0 Å². The second-order valence-electron chi connectivity index (χ2n) is 6.98. The zero-order chi connectivity index (χ0) is 21.1. The Balaban J connectivity index is 1.89. The third-order valence-electron chi connectivity index (χ3n) is 4.22. The molecule has 1 N–H and O–H groups in total. The molecule has 0 atom stereocenters. The third-order valence-corrected chi connectivity index (χ3v) is 5.26. The summed E-state index contributed by atoms with van der Waals surface area (Å²) in [4.78, 5) is 39.6. The first-order chi connectivity index (χ1) is 13.8. The van der Waals surface area contributed by atoms with Crippen LogP contribution in [0.15, 0.2) is 58.2 Å². The predicted molar refractivity (Wildman–Crippen MR) is 116 cm³/mol. The number of nitrogens with one attached hydrogen (secondary N) is 1. The van der Waals surface area contributed by atoms with Crippen LogP contribution in [0.4, 0.5) is 10.5 Å². The van der Waals surface area contributed by atoms with Gasteiger partial charge < -0.3 is 10.2 Å². The third kappa shape index (κ3) is 4.48. The number of carbonyl (C=O) groups excluding carboxylic acids is 2. The monoisotopic (exact) mass is 410 g/mol. The van der Waals surface area contributed by atoms with Crippen molar-refractivity contribution in [3.8, 4) is 0 Å². The topological polar surface area (TPSA) is 84.3 Å². The van der Waals surface area contributed by atoms with E-state index < -0.39 is 5.91 Å². The average Bonchev–Trinajstić information content (AvgIpc) is 2.69. The number of rotatable bonds is 4. The van der Waals surface area contributed by atoms with E-state index in [1.54, 1.807) is 62.6 Å². The smallest absolute Gasteiger partial charge is 0.285 e. The average molecular weight is 410 g/mol. The van der Waals surface area contributed by atoms with Crippen molar-refractivity contribution in [3.05, 3.63) is 64.6 Å². The first kappa shape index (κ1) is 20.6. The molecule has 1 aromatic heterocycles. The highest BCUT2D eigenvalue weighted by molar-refractivity contribution is 8.13. The maximum absolute atomic E-state index is 12.9. The quantitative estimate of drug-likeness (QED) is 0.657. The van der Waals surface area contributed by atoms with E-state index in [-0.39, 0.29) is 22.5 Å². The summed E-state index contributed by atoms with van der Waals surface area (Å²) in [5, 5.41) is 8.02. The molecule has 0 bridgehead atoms. The number of benzene rings is 2. The lowest BCUT2D eigenvalue weighted by molar-refractivity contribution is 0.102. The number of aromatic nitrogens is 2. The van der Waals surface area contributed by atoms with Crippen molar-refractivity contribution >= 4 is 39.4 Å².